The van der Waals surface area contributed by atoms with Crippen LogP contribution >= 0.6 is 11.8 Å². The summed E-state index contributed by atoms with van der Waals surface area (Å²) in [7, 11) is 0. The van der Waals surface area contributed by atoms with E-state index in [9.17, 15) is 4.79 Å². The zero-order valence-corrected chi connectivity index (χ0v) is 13.0. The molecule has 0 bridgehead atoms. The summed E-state index contributed by atoms with van der Waals surface area (Å²) in [5, 5.41) is 6.37. The van der Waals surface area contributed by atoms with Crippen molar-refractivity contribution in [2.24, 2.45) is 5.92 Å². The Hall–Kier alpha value is -1.20. The van der Waals surface area contributed by atoms with E-state index in [4.69, 9.17) is 4.74 Å². The molecule has 21 heavy (non-hydrogen) atoms. The van der Waals surface area contributed by atoms with Gasteiger partial charge in [-0.15, -0.1) is 0 Å². The van der Waals surface area contributed by atoms with E-state index in [2.05, 4.69) is 10.6 Å². The predicted molar refractivity (Wildman–Crippen MR) is 87.0 cm³/mol. The smallest absolute Gasteiger partial charge is 0.226 e. The fraction of sp³-hybridized carbons (Fsp3) is 0.562. The predicted octanol–water partition coefficient (Wildman–Crippen LogP) is 2.51. The number of ether oxygens (including phenoxy) is 1. The van der Waals surface area contributed by atoms with Crippen LogP contribution in [0.3, 0.4) is 0 Å². The number of carbonyl (C=O) groups excluding carboxylic acids is 1. The van der Waals surface area contributed by atoms with Crippen LogP contribution in [0.5, 0.6) is 5.75 Å². The summed E-state index contributed by atoms with van der Waals surface area (Å²) in [5.41, 5.74) is 0.784. The fourth-order valence-electron chi connectivity index (χ4n) is 2.36. The maximum Gasteiger partial charge on any atom is 0.226 e. The zero-order chi connectivity index (χ0) is 14.5. The van der Waals surface area contributed by atoms with Crippen LogP contribution in [-0.4, -0.2) is 36.6 Å². The van der Waals surface area contributed by atoms with Crippen molar-refractivity contribution >= 4 is 23.4 Å². The lowest BCUT2D eigenvalue weighted by atomic mass is 10.2. The van der Waals surface area contributed by atoms with E-state index in [1.165, 1.54) is 12.8 Å². The normalized spacial score (nSPS) is 21.8. The van der Waals surface area contributed by atoms with Crippen molar-refractivity contribution < 1.29 is 9.53 Å². The minimum Gasteiger partial charge on any atom is -0.491 e. The van der Waals surface area contributed by atoms with Crippen LogP contribution in [0.25, 0.3) is 0 Å². The topological polar surface area (TPSA) is 50.4 Å². The Morgan fingerprint density at radius 2 is 2.24 bits per heavy atom. The van der Waals surface area contributed by atoms with Crippen LogP contribution in [0.1, 0.15) is 19.3 Å². The van der Waals surface area contributed by atoms with E-state index in [1.807, 2.05) is 36.0 Å². The molecule has 1 aromatic rings. The summed E-state index contributed by atoms with van der Waals surface area (Å²) >= 11 is 1.91. The number of benzene rings is 1. The quantitative estimate of drug-likeness (QED) is 0.848. The van der Waals surface area contributed by atoms with Crippen LogP contribution in [0.15, 0.2) is 24.3 Å². The van der Waals surface area contributed by atoms with E-state index in [0.717, 1.165) is 36.1 Å². The molecule has 0 spiro atoms. The highest BCUT2D eigenvalue weighted by molar-refractivity contribution is 7.99. The molecule has 0 aromatic heterocycles. The third-order valence-corrected chi connectivity index (χ3v) is 4.89. The molecule has 2 aliphatic rings. The molecule has 2 fully saturated rings. The number of para-hydroxylation sites is 2. The Bertz CT molecular complexity index is 485. The van der Waals surface area contributed by atoms with E-state index >= 15 is 0 Å². The number of thioether (sulfide) groups is 1. The Morgan fingerprint density at radius 3 is 3.00 bits per heavy atom. The highest BCUT2D eigenvalue weighted by atomic mass is 32.2. The first-order valence-electron chi connectivity index (χ1n) is 7.64. The maximum absolute atomic E-state index is 12.2. The van der Waals surface area contributed by atoms with Crippen molar-refractivity contribution in [2.75, 3.05) is 30.0 Å². The molecule has 1 atom stereocenters. The van der Waals surface area contributed by atoms with Crippen LogP contribution in [-0.2, 0) is 4.79 Å². The van der Waals surface area contributed by atoms with Gasteiger partial charge in [-0.2, -0.15) is 11.8 Å². The molecule has 4 nitrogen and oxygen atoms in total. The largest absolute Gasteiger partial charge is 0.491 e. The average Bonchev–Trinajstić information content (AvgIpc) is 3.31. The lowest BCUT2D eigenvalue weighted by molar-refractivity contribution is -0.116. The number of carbonyl (C=O) groups is 1. The summed E-state index contributed by atoms with van der Waals surface area (Å²) in [6.45, 7) is 1.75. The van der Waals surface area contributed by atoms with Crippen LogP contribution in [0.4, 0.5) is 5.69 Å². The second-order valence-electron chi connectivity index (χ2n) is 5.73. The summed E-state index contributed by atoms with van der Waals surface area (Å²) < 4.78 is 5.82. The molecular formula is C16H22N2O2S. The molecule has 2 N–H and O–H groups in total. The number of rotatable bonds is 6. The first-order valence-corrected chi connectivity index (χ1v) is 8.79. The Kier molecular flexibility index (Phi) is 5.04. The van der Waals surface area contributed by atoms with Gasteiger partial charge in [-0.25, -0.2) is 0 Å². The average molecular weight is 306 g/mol. The minimum atomic E-state index is 0.0532. The zero-order valence-electron chi connectivity index (χ0n) is 12.1. The van der Waals surface area contributed by atoms with Crippen molar-refractivity contribution in [1.29, 1.82) is 0 Å². The van der Waals surface area contributed by atoms with Crippen LogP contribution in [0.2, 0.25) is 0 Å². The van der Waals surface area contributed by atoms with Gasteiger partial charge in [0.25, 0.3) is 0 Å². The number of amides is 1. The summed E-state index contributed by atoms with van der Waals surface area (Å²) in [5.74, 6) is 3.68. The first-order chi connectivity index (χ1) is 10.3. The van der Waals surface area contributed by atoms with Gasteiger partial charge in [0.15, 0.2) is 0 Å². The fourth-order valence-corrected chi connectivity index (χ4v) is 3.31. The molecule has 1 unspecified atom stereocenters. The molecule has 1 saturated heterocycles. The molecule has 1 aromatic carbocycles. The Balaban J connectivity index is 1.53. The number of hydrogen-bond acceptors (Lipinski definition) is 4. The molecule has 1 amide bonds. The number of anilines is 1. The van der Waals surface area contributed by atoms with Gasteiger partial charge in [0.05, 0.1) is 12.3 Å². The summed E-state index contributed by atoms with van der Waals surface area (Å²) in [6, 6.07) is 7.98. The second-order valence-corrected chi connectivity index (χ2v) is 6.88. The molecule has 0 radical (unpaired) electrons. The molecular weight excluding hydrogens is 284 g/mol. The molecule has 1 aliphatic carbocycles. The van der Waals surface area contributed by atoms with E-state index in [-0.39, 0.29) is 11.9 Å². The lowest BCUT2D eigenvalue weighted by Crippen LogP contribution is -2.39. The highest BCUT2D eigenvalue weighted by Gasteiger charge is 2.22. The van der Waals surface area contributed by atoms with Crippen LogP contribution in [0, 0.1) is 5.92 Å². The third kappa shape index (κ3) is 4.64. The summed E-state index contributed by atoms with van der Waals surface area (Å²) in [4.78, 5) is 12.2. The number of nitrogens with one attached hydrogen (secondary N) is 2. The second kappa shape index (κ2) is 7.18. The Morgan fingerprint density at radius 1 is 1.38 bits per heavy atom. The SMILES string of the molecule is O=C(CC1CSCCN1)Nc1ccccc1OCC1CC1. The first kappa shape index (κ1) is 14.7. The van der Waals surface area contributed by atoms with Gasteiger partial charge in [-0.05, 0) is 30.9 Å². The lowest BCUT2D eigenvalue weighted by Gasteiger charge is -2.22. The van der Waals surface area contributed by atoms with Crippen molar-refractivity contribution in [3.05, 3.63) is 24.3 Å². The highest BCUT2D eigenvalue weighted by Crippen LogP contribution is 2.31. The van der Waals surface area contributed by atoms with Gasteiger partial charge in [-0.3, -0.25) is 4.79 Å². The van der Waals surface area contributed by atoms with E-state index in [1.54, 1.807) is 0 Å². The molecule has 114 valence electrons. The minimum absolute atomic E-state index is 0.0532. The van der Waals surface area contributed by atoms with Crippen molar-refractivity contribution in [3.8, 4) is 5.75 Å². The summed E-state index contributed by atoms with van der Waals surface area (Å²) in [6.07, 6.45) is 3.04. The molecule has 5 heteroatoms. The van der Waals surface area contributed by atoms with E-state index < -0.39 is 0 Å². The van der Waals surface area contributed by atoms with Gasteiger partial charge in [0, 0.05) is 30.5 Å². The monoisotopic (exact) mass is 306 g/mol. The number of hydrogen-bond donors (Lipinski definition) is 2. The van der Waals surface area contributed by atoms with Crippen molar-refractivity contribution in [2.45, 2.75) is 25.3 Å². The molecule has 3 rings (SSSR count). The molecule has 1 aliphatic heterocycles. The van der Waals surface area contributed by atoms with Gasteiger partial charge < -0.3 is 15.4 Å². The van der Waals surface area contributed by atoms with E-state index in [0.29, 0.717) is 12.3 Å². The van der Waals surface area contributed by atoms with Gasteiger partial charge in [0.2, 0.25) is 5.91 Å². The van der Waals surface area contributed by atoms with Gasteiger partial charge in [-0.1, -0.05) is 12.1 Å². The van der Waals surface area contributed by atoms with Gasteiger partial charge in [0.1, 0.15) is 5.75 Å². The Labute approximate surface area is 130 Å². The van der Waals surface area contributed by atoms with Gasteiger partial charge >= 0.3 is 0 Å². The third-order valence-electron chi connectivity index (χ3n) is 3.76. The standard InChI is InChI=1S/C16H22N2O2S/c19-16(9-13-11-21-8-7-17-13)18-14-3-1-2-4-15(14)20-10-12-5-6-12/h1-4,12-13,17H,5-11H2,(H,18,19). The molecule has 1 saturated carbocycles. The van der Waals surface area contributed by atoms with Crippen LogP contribution < -0.4 is 15.4 Å². The van der Waals surface area contributed by atoms with Crippen molar-refractivity contribution in [3.63, 3.8) is 0 Å². The maximum atomic E-state index is 12.2. The van der Waals surface area contributed by atoms with Crippen molar-refractivity contribution in [1.82, 2.24) is 5.32 Å². The molecule has 1 heterocycles.